The summed E-state index contributed by atoms with van der Waals surface area (Å²) in [6.45, 7) is 10.8. The summed E-state index contributed by atoms with van der Waals surface area (Å²) in [5.41, 5.74) is 2.51. The van der Waals surface area contributed by atoms with Crippen LogP contribution in [-0.2, 0) is 16.0 Å². The van der Waals surface area contributed by atoms with Crippen LogP contribution in [-0.4, -0.2) is 80.6 Å². The van der Waals surface area contributed by atoms with Crippen molar-refractivity contribution in [3.63, 3.8) is 0 Å². The van der Waals surface area contributed by atoms with Crippen LogP contribution in [0.15, 0.2) is 95.3 Å². The number of halogens is 1. The smallest absolute Gasteiger partial charge is 0.350 e. The second-order valence-electron chi connectivity index (χ2n) is 13.2. The summed E-state index contributed by atoms with van der Waals surface area (Å²) in [4.78, 5) is 19.2. The van der Waals surface area contributed by atoms with E-state index in [1.165, 1.54) is 0 Å². The van der Waals surface area contributed by atoms with Gasteiger partial charge >= 0.3 is 5.69 Å². The molecule has 4 aromatic rings. The van der Waals surface area contributed by atoms with Gasteiger partial charge in [-0.25, -0.2) is 14.0 Å². The van der Waals surface area contributed by atoms with E-state index in [2.05, 4.69) is 69.3 Å². The van der Waals surface area contributed by atoms with E-state index in [1.54, 1.807) is 32.8 Å². The van der Waals surface area contributed by atoms with Crippen molar-refractivity contribution in [2.24, 2.45) is 5.41 Å². The SMILES string of the molecule is CCC(C)n1ncn(-c2ccc(N3CCN(c4ccc(OC[C@@H]5CO[C@@](Cn6nccn6)(C6(C)C=CC=C(Cl)C6)O5)cc4)CC3)cc2)c1=O. The zero-order valence-electron chi connectivity index (χ0n) is 28.2. The standard InChI is InChI=1S/C36H43ClN8O4/c1-4-27(2)45-34(46)43(26-40-45)31-9-7-29(8-10-31)41-18-20-42(21-19-41)30-11-13-32(14-12-30)47-23-33-24-48-36(49-33,25-44-38-16-17-39-44)35(3)15-5-6-28(37)22-35/h5-17,26-27,33H,4,18-25H2,1-3H3/t27?,33-,35?,36-/m1/s1. The maximum absolute atomic E-state index is 12.8. The molecule has 4 heterocycles. The first-order valence-electron chi connectivity index (χ1n) is 16.9. The van der Waals surface area contributed by atoms with Gasteiger partial charge in [0.25, 0.3) is 0 Å². The lowest BCUT2D eigenvalue weighted by molar-refractivity contribution is -0.239. The summed E-state index contributed by atoms with van der Waals surface area (Å²) in [7, 11) is 0. The second-order valence-corrected chi connectivity index (χ2v) is 13.7. The molecule has 49 heavy (non-hydrogen) atoms. The molecule has 0 radical (unpaired) electrons. The van der Waals surface area contributed by atoms with Crippen molar-refractivity contribution in [2.75, 3.05) is 49.2 Å². The summed E-state index contributed by atoms with van der Waals surface area (Å²) in [6.07, 6.45) is 12.0. The molecular formula is C36H43ClN8O4. The number of benzene rings is 2. The summed E-state index contributed by atoms with van der Waals surface area (Å²) in [5.74, 6) is -0.212. The molecule has 2 aliphatic heterocycles. The molecule has 12 nitrogen and oxygen atoms in total. The Kier molecular flexibility index (Phi) is 9.36. The Morgan fingerprint density at radius 3 is 2.22 bits per heavy atom. The highest BCUT2D eigenvalue weighted by Gasteiger charge is 2.55. The van der Waals surface area contributed by atoms with Gasteiger partial charge in [-0.3, -0.25) is 0 Å². The van der Waals surface area contributed by atoms with Crippen molar-refractivity contribution in [1.82, 2.24) is 29.3 Å². The number of piperazine rings is 1. The van der Waals surface area contributed by atoms with E-state index in [1.807, 2.05) is 43.3 Å². The van der Waals surface area contributed by atoms with E-state index in [9.17, 15) is 4.79 Å². The fourth-order valence-corrected chi connectivity index (χ4v) is 7.12. The fraction of sp³-hybridized carbons (Fsp3) is 0.444. The van der Waals surface area contributed by atoms with Crippen molar-refractivity contribution >= 4 is 23.0 Å². The van der Waals surface area contributed by atoms with Gasteiger partial charge in [-0.1, -0.05) is 37.6 Å². The van der Waals surface area contributed by atoms with Crippen LogP contribution < -0.4 is 20.2 Å². The highest BCUT2D eigenvalue weighted by atomic mass is 35.5. The maximum atomic E-state index is 12.8. The third-order valence-corrected chi connectivity index (χ3v) is 10.2. The lowest BCUT2D eigenvalue weighted by Gasteiger charge is -2.43. The number of hydrogen-bond acceptors (Lipinski definition) is 9. The predicted octanol–water partition coefficient (Wildman–Crippen LogP) is 5.20. The first-order valence-corrected chi connectivity index (χ1v) is 17.3. The van der Waals surface area contributed by atoms with E-state index in [0.29, 0.717) is 26.2 Å². The minimum absolute atomic E-state index is 0.0688. The summed E-state index contributed by atoms with van der Waals surface area (Å²) in [6, 6.07) is 16.5. The molecule has 2 unspecified atom stereocenters. The lowest BCUT2D eigenvalue weighted by atomic mass is 9.75. The van der Waals surface area contributed by atoms with E-state index >= 15 is 0 Å². The van der Waals surface area contributed by atoms with Crippen LogP contribution in [0.1, 0.15) is 39.7 Å². The number of rotatable bonds is 11. The van der Waals surface area contributed by atoms with Gasteiger partial charge in [0.1, 0.15) is 31.3 Å². The lowest BCUT2D eigenvalue weighted by Crippen LogP contribution is -2.51. The number of nitrogens with zero attached hydrogens (tertiary/aromatic N) is 8. The molecule has 13 heteroatoms. The summed E-state index contributed by atoms with van der Waals surface area (Å²) in [5, 5.41) is 13.7. The Hall–Kier alpha value is -4.39. The fourth-order valence-electron chi connectivity index (χ4n) is 6.77. The second kappa shape index (κ2) is 13.9. The van der Waals surface area contributed by atoms with Crippen LogP contribution in [0.4, 0.5) is 11.4 Å². The van der Waals surface area contributed by atoms with Crippen LogP contribution in [0.2, 0.25) is 0 Å². The Morgan fingerprint density at radius 2 is 1.59 bits per heavy atom. The summed E-state index contributed by atoms with van der Waals surface area (Å²) >= 11 is 6.46. The molecule has 0 saturated carbocycles. The summed E-state index contributed by atoms with van der Waals surface area (Å²) < 4.78 is 22.4. The Morgan fingerprint density at radius 1 is 0.959 bits per heavy atom. The van der Waals surface area contributed by atoms with Gasteiger partial charge in [-0.05, 0) is 74.4 Å². The van der Waals surface area contributed by atoms with E-state index in [-0.39, 0.29) is 17.8 Å². The Labute approximate surface area is 291 Å². The van der Waals surface area contributed by atoms with E-state index in [0.717, 1.165) is 60.4 Å². The molecule has 0 N–H and O–H groups in total. The molecular weight excluding hydrogens is 644 g/mol. The average molecular weight is 687 g/mol. The van der Waals surface area contributed by atoms with Gasteiger partial charge in [-0.15, -0.1) is 0 Å². The van der Waals surface area contributed by atoms with Crippen molar-refractivity contribution in [3.8, 4) is 11.4 Å². The van der Waals surface area contributed by atoms with Gasteiger partial charge in [-0.2, -0.15) is 20.1 Å². The van der Waals surface area contributed by atoms with Gasteiger partial charge in [0.2, 0.25) is 0 Å². The number of anilines is 2. The Balaban J connectivity index is 0.920. The number of ether oxygens (including phenoxy) is 3. The van der Waals surface area contributed by atoms with Crippen molar-refractivity contribution in [2.45, 2.75) is 58.1 Å². The zero-order chi connectivity index (χ0) is 34.0. The minimum Gasteiger partial charge on any atom is -0.491 e. The first kappa shape index (κ1) is 33.1. The molecule has 4 atom stereocenters. The topological polar surface area (TPSA) is 105 Å². The van der Waals surface area contributed by atoms with Crippen molar-refractivity contribution < 1.29 is 14.2 Å². The molecule has 2 aromatic heterocycles. The van der Waals surface area contributed by atoms with Crippen LogP contribution >= 0.6 is 11.6 Å². The van der Waals surface area contributed by atoms with Crippen LogP contribution in [0.3, 0.4) is 0 Å². The molecule has 7 rings (SSSR count). The number of aromatic nitrogens is 6. The van der Waals surface area contributed by atoms with Gasteiger partial charge < -0.3 is 24.0 Å². The third-order valence-electron chi connectivity index (χ3n) is 9.94. The number of allylic oxidation sites excluding steroid dienone is 3. The first-order chi connectivity index (χ1) is 23.8. The van der Waals surface area contributed by atoms with Crippen molar-refractivity contribution in [3.05, 3.63) is 101 Å². The molecule has 2 saturated heterocycles. The predicted molar refractivity (Wildman–Crippen MR) is 189 cm³/mol. The minimum atomic E-state index is -0.990. The molecule has 2 aromatic carbocycles. The Bertz CT molecular complexity index is 1830. The van der Waals surface area contributed by atoms with E-state index in [4.69, 9.17) is 25.8 Å². The normalized spacial score (nSPS) is 24.7. The number of hydrogen-bond donors (Lipinski definition) is 0. The van der Waals surface area contributed by atoms with Crippen LogP contribution in [0, 0.1) is 5.41 Å². The largest absolute Gasteiger partial charge is 0.491 e. The molecule has 3 aliphatic rings. The quantitative estimate of drug-likeness (QED) is 0.211. The molecule has 258 valence electrons. The van der Waals surface area contributed by atoms with Gasteiger partial charge in [0, 0.05) is 48.0 Å². The molecule has 0 spiro atoms. The molecule has 0 bridgehead atoms. The monoisotopic (exact) mass is 686 g/mol. The average Bonchev–Trinajstić information content (AvgIpc) is 3.89. The highest BCUT2D eigenvalue weighted by molar-refractivity contribution is 6.29. The maximum Gasteiger partial charge on any atom is 0.350 e. The highest BCUT2D eigenvalue weighted by Crippen LogP contribution is 2.48. The van der Waals surface area contributed by atoms with Crippen LogP contribution in [0.5, 0.6) is 5.75 Å². The van der Waals surface area contributed by atoms with Crippen molar-refractivity contribution in [1.29, 1.82) is 0 Å². The molecule has 1 aliphatic carbocycles. The third kappa shape index (κ3) is 6.77. The zero-order valence-corrected chi connectivity index (χ0v) is 28.9. The van der Waals surface area contributed by atoms with Gasteiger partial charge in [0.15, 0.2) is 5.79 Å². The molecule has 0 amide bonds. The van der Waals surface area contributed by atoms with E-state index < -0.39 is 11.2 Å². The van der Waals surface area contributed by atoms with Crippen LogP contribution in [0.25, 0.3) is 5.69 Å². The van der Waals surface area contributed by atoms with Gasteiger partial charge in [0.05, 0.1) is 30.7 Å². The molecule has 2 fully saturated rings.